The van der Waals surface area contributed by atoms with Crippen LogP contribution in [0.5, 0.6) is 0 Å². The van der Waals surface area contributed by atoms with Crippen LogP contribution in [0, 0.1) is 5.92 Å². The maximum absolute atomic E-state index is 5.82. The normalized spacial score (nSPS) is 30.3. The Morgan fingerprint density at radius 3 is 2.74 bits per heavy atom. The van der Waals surface area contributed by atoms with Crippen molar-refractivity contribution >= 4 is 0 Å². The summed E-state index contributed by atoms with van der Waals surface area (Å²) in [5.74, 6) is 0.827. The van der Waals surface area contributed by atoms with Gasteiger partial charge in [-0.15, -0.1) is 0 Å². The van der Waals surface area contributed by atoms with Crippen LogP contribution in [-0.2, 0) is 4.74 Å². The van der Waals surface area contributed by atoms with Crippen molar-refractivity contribution in [3.05, 3.63) is 0 Å². The zero-order valence-electron chi connectivity index (χ0n) is 12.9. The van der Waals surface area contributed by atoms with E-state index in [4.69, 9.17) is 4.74 Å². The second-order valence-electron chi connectivity index (χ2n) is 6.29. The number of nitrogens with one attached hydrogen (secondary N) is 1. The molecule has 2 heterocycles. The van der Waals surface area contributed by atoms with Crippen LogP contribution in [0.4, 0.5) is 0 Å². The lowest BCUT2D eigenvalue weighted by Gasteiger charge is -2.32. The second kappa shape index (κ2) is 7.58. The molecule has 2 rings (SSSR count). The minimum Gasteiger partial charge on any atom is -0.374 e. The molecule has 0 aromatic carbocycles. The van der Waals surface area contributed by atoms with Crippen LogP contribution in [-0.4, -0.2) is 74.4 Å². The van der Waals surface area contributed by atoms with Crippen molar-refractivity contribution in [2.75, 3.05) is 52.4 Å². The van der Waals surface area contributed by atoms with Crippen LogP contribution >= 0.6 is 0 Å². The first-order valence-electron chi connectivity index (χ1n) is 7.97. The molecular weight excluding hydrogens is 238 g/mol. The lowest BCUT2D eigenvalue weighted by Crippen LogP contribution is -2.47. The van der Waals surface area contributed by atoms with Gasteiger partial charge in [0.15, 0.2) is 0 Å². The average molecular weight is 269 g/mol. The zero-order valence-corrected chi connectivity index (χ0v) is 12.9. The predicted octanol–water partition coefficient (Wildman–Crippen LogP) is 1.03. The minimum absolute atomic E-state index is 0.385. The van der Waals surface area contributed by atoms with Crippen LogP contribution in [0.2, 0.25) is 0 Å². The summed E-state index contributed by atoms with van der Waals surface area (Å²) in [6, 6.07) is 0.699. The number of hydrogen-bond acceptors (Lipinski definition) is 4. The van der Waals surface area contributed by atoms with Crippen molar-refractivity contribution in [2.45, 2.75) is 39.3 Å². The van der Waals surface area contributed by atoms with Crippen LogP contribution in [0.3, 0.4) is 0 Å². The van der Waals surface area contributed by atoms with Gasteiger partial charge >= 0.3 is 0 Å². The van der Waals surface area contributed by atoms with E-state index in [9.17, 15) is 0 Å². The van der Waals surface area contributed by atoms with Gasteiger partial charge in [0.1, 0.15) is 0 Å². The van der Waals surface area contributed by atoms with Crippen LogP contribution in [0.1, 0.15) is 27.2 Å². The highest BCUT2D eigenvalue weighted by molar-refractivity contribution is 4.80. The zero-order chi connectivity index (χ0) is 13.7. The van der Waals surface area contributed by atoms with E-state index < -0.39 is 0 Å². The molecule has 0 radical (unpaired) electrons. The summed E-state index contributed by atoms with van der Waals surface area (Å²) < 4.78 is 5.82. The first-order valence-corrected chi connectivity index (χ1v) is 7.97. The van der Waals surface area contributed by atoms with Crippen LogP contribution in [0.15, 0.2) is 0 Å². The average Bonchev–Trinajstić information content (AvgIpc) is 2.88. The van der Waals surface area contributed by atoms with Gasteiger partial charge in [-0.25, -0.2) is 0 Å². The van der Waals surface area contributed by atoms with Gasteiger partial charge in [-0.05, 0) is 45.8 Å². The van der Waals surface area contributed by atoms with Gasteiger partial charge in [0.2, 0.25) is 0 Å². The van der Waals surface area contributed by atoms with Crippen molar-refractivity contribution < 1.29 is 4.74 Å². The van der Waals surface area contributed by atoms with Crippen molar-refractivity contribution in [1.29, 1.82) is 0 Å². The number of likely N-dealkylation sites (N-methyl/N-ethyl adjacent to an activating group) is 1. The van der Waals surface area contributed by atoms with Crippen LogP contribution < -0.4 is 5.32 Å². The summed E-state index contributed by atoms with van der Waals surface area (Å²) in [7, 11) is 0. The Morgan fingerprint density at radius 1 is 1.21 bits per heavy atom. The first kappa shape index (κ1) is 15.2. The number of rotatable bonds is 6. The van der Waals surface area contributed by atoms with Gasteiger partial charge < -0.3 is 15.0 Å². The highest BCUT2D eigenvalue weighted by Crippen LogP contribution is 2.17. The van der Waals surface area contributed by atoms with Gasteiger partial charge in [-0.2, -0.15) is 0 Å². The molecule has 0 aromatic rings. The Hall–Kier alpha value is -0.160. The number of likely N-dealkylation sites (tertiary alicyclic amines) is 1. The maximum atomic E-state index is 5.82. The second-order valence-corrected chi connectivity index (χ2v) is 6.29. The number of hydrogen-bond donors (Lipinski definition) is 1. The SMILES string of the molecule is CCN1CCOC(CNCC2CCN(C(C)C)C2)C1. The molecule has 0 aromatic heterocycles. The molecule has 4 nitrogen and oxygen atoms in total. The Kier molecular flexibility index (Phi) is 6.07. The summed E-state index contributed by atoms with van der Waals surface area (Å²) >= 11 is 0. The molecule has 0 bridgehead atoms. The molecule has 0 aliphatic carbocycles. The molecule has 2 atom stereocenters. The molecule has 0 spiro atoms. The highest BCUT2D eigenvalue weighted by atomic mass is 16.5. The van der Waals surface area contributed by atoms with Crippen LogP contribution in [0.25, 0.3) is 0 Å². The Morgan fingerprint density at radius 2 is 2.05 bits per heavy atom. The summed E-state index contributed by atoms with van der Waals surface area (Å²) in [4.78, 5) is 5.06. The summed E-state index contributed by atoms with van der Waals surface area (Å²) in [5, 5.41) is 3.62. The molecule has 2 saturated heterocycles. The van der Waals surface area contributed by atoms with Gasteiger partial charge in [0, 0.05) is 32.2 Å². The smallest absolute Gasteiger partial charge is 0.0826 e. The fourth-order valence-electron chi connectivity index (χ4n) is 3.14. The highest BCUT2D eigenvalue weighted by Gasteiger charge is 2.24. The Labute approximate surface area is 118 Å². The topological polar surface area (TPSA) is 27.7 Å². The fraction of sp³-hybridized carbons (Fsp3) is 1.00. The van der Waals surface area contributed by atoms with E-state index in [2.05, 4.69) is 35.9 Å². The Bertz CT molecular complexity index is 260. The van der Waals surface area contributed by atoms with Gasteiger partial charge in [0.25, 0.3) is 0 Å². The van der Waals surface area contributed by atoms with Crippen molar-refractivity contribution in [2.24, 2.45) is 5.92 Å². The lowest BCUT2D eigenvalue weighted by atomic mass is 10.1. The molecule has 4 heteroatoms. The predicted molar refractivity (Wildman–Crippen MR) is 79.5 cm³/mol. The lowest BCUT2D eigenvalue weighted by molar-refractivity contribution is -0.0254. The van der Waals surface area contributed by atoms with E-state index in [-0.39, 0.29) is 0 Å². The van der Waals surface area contributed by atoms with E-state index in [0.717, 1.165) is 45.2 Å². The summed E-state index contributed by atoms with van der Waals surface area (Å²) in [6.45, 7) is 15.7. The van der Waals surface area contributed by atoms with Crippen molar-refractivity contribution in [1.82, 2.24) is 15.1 Å². The number of ether oxygens (including phenoxy) is 1. The van der Waals surface area contributed by atoms with Crippen molar-refractivity contribution in [3.63, 3.8) is 0 Å². The van der Waals surface area contributed by atoms with Crippen molar-refractivity contribution in [3.8, 4) is 0 Å². The molecule has 2 aliphatic heterocycles. The third kappa shape index (κ3) is 4.71. The third-order valence-electron chi connectivity index (χ3n) is 4.52. The molecule has 19 heavy (non-hydrogen) atoms. The van der Waals surface area contributed by atoms with E-state index >= 15 is 0 Å². The van der Waals surface area contributed by atoms with Gasteiger partial charge in [-0.1, -0.05) is 6.92 Å². The molecule has 1 N–H and O–H groups in total. The van der Waals surface area contributed by atoms with Gasteiger partial charge in [0.05, 0.1) is 12.7 Å². The maximum Gasteiger partial charge on any atom is 0.0826 e. The quantitative estimate of drug-likeness (QED) is 0.779. The molecule has 0 amide bonds. The Balaban J connectivity index is 1.59. The standard InChI is InChI=1S/C15H31N3O/c1-4-17-7-8-19-15(12-17)10-16-9-14-5-6-18(11-14)13(2)3/h13-16H,4-12H2,1-3H3. The fourth-order valence-corrected chi connectivity index (χ4v) is 3.14. The number of morpholine rings is 1. The molecular formula is C15H31N3O. The molecule has 2 unspecified atom stereocenters. The third-order valence-corrected chi connectivity index (χ3v) is 4.52. The van der Waals surface area contributed by atoms with E-state index in [1.165, 1.54) is 19.5 Å². The molecule has 112 valence electrons. The summed E-state index contributed by atoms with van der Waals surface area (Å²) in [5.41, 5.74) is 0. The molecule has 2 aliphatic rings. The minimum atomic E-state index is 0.385. The largest absolute Gasteiger partial charge is 0.374 e. The van der Waals surface area contributed by atoms with Gasteiger partial charge in [-0.3, -0.25) is 4.90 Å². The van der Waals surface area contributed by atoms with E-state index in [0.29, 0.717) is 12.1 Å². The number of nitrogens with zero attached hydrogens (tertiary/aromatic N) is 2. The van der Waals surface area contributed by atoms with E-state index in [1.807, 2.05) is 0 Å². The monoisotopic (exact) mass is 269 g/mol. The van der Waals surface area contributed by atoms with E-state index in [1.54, 1.807) is 0 Å². The molecule has 2 fully saturated rings. The molecule has 0 saturated carbocycles. The summed E-state index contributed by atoms with van der Waals surface area (Å²) in [6.07, 6.45) is 1.73. The first-order chi connectivity index (χ1) is 9.19.